The van der Waals surface area contributed by atoms with Crippen molar-refractivity contribution in [2.24, 2.45) is 0 Å². The van der Waals surface area contributed by atoms with Crippen molar-refractivity contribution in [3.63, 3.8) is 0 Å². The molecule has 0 N–H and O–H groups in total. The van der Waals surface area contributed by atoms with Gasteiger partial charge in [0.05, 0.1) is 11.3 Å². The van der Waals surface area contributed by atoms with Crippen molar-refractivity contribution in [3.05, 3.63) is 108 Å². The summed E-state index contributed by atoms with van der Waals surface area (Å²) < 4.78 is 5.51. The Labute approximate surface area is 170 Å². The smallest absolute Gasteiger partial charge is 0.343 e. The van der Waals surface area contributed by atoms with Gasteiger partial charge >= 0.3 is 5.97 Å². The lowest BCUT2D eigenvalue weighted by atomic mass is 10.0. The highest BCUT2D eigenvalue weighted by atomic mass is 16.5. The first-order chi connectivity index (χ1) is 14.1. The van der Waals surface area contributed by atoms with Crippen LogP contribution in [0.1, 0.15) is 21.5 Å². The van der Waals surface area contributed by atoms with Gasteiger partial charge < -0.3 is 4.74 Å². The van der Waals surface area contributed by atoms with Crippen molar-refractivity contribution in [3.8, 4) is 28.1 Å². The second kappa shape index (κ2) is 8.11. The number of carbonyl (C=O) groups excluding carboxylic acids is 1. The van der Waals surface area contributed by atoms with E-state index in [0.29, 0.717) is 11.3 Å². The summed E-state index contributed by atoms with van der Waals surface area (Å²) >= 11 is 0. The standard InChI is InChI=1S/C26H21NO2/c1-18-3-6-20(7-4-18)21-8-10-23(11-9-21)26(28)29-24-14-12-22(13-15-24)25-16-5-19(2)17-27-25/h3-17H,1-2H3. The van der Waals surface area contributed by atoms with E-state index in [9.17, 15) is 4.79 Å². The van der Waals surface area contributed by atoms with Crippen LogP contribution in [0.3, 0.4) is 0 Å². The molecular weight excluding hydrogens is 358 g/mol. The average molecular weight is 379 g/mol. The number of aryl methyl sites for hydroxylation is 2. The third kappa shape index (κ3) is 4.41. The minimum Gasteiger partial charge on any atom is -0.423 e. The lowest BCUT2D eigenvalue weighted by Gasteiger charge is -2.07. The minimum absolute atomic E-state index is 0.373. The molecule has 4 aromatic rings. The van der Waals surface area contributed by atoms with E-state index in [1.807, 2.05) is 49.5 Å². The van der Waals surface area contributed by atoms with Crippen molar-refractivity contribution in [1.29, 1.82) is 0 Å². The number of nitrogens with zero attached hydrogens (tertiary/aromatic N) is 1. The number of pyridine rings is 1. The molecule has 1 heterocycles. The monoisotopic (exact) mass is 379 g/mol. The van der Waals surface area contributed by atoms with E-state index in [2.05, 4.69) is 36.2 Å². The van der Waals surface area contributed by atoms with E-state index in [-0.39, 0.29) is 5.97 Å². The SMILES string of the molecule is Cc1ccc(-c2ccc(C(=O)Oc3ccc(-c4ccc(C)cn4)cc3)cc2)cc1. The maximum absolute atomic E-state index is 12.5. The number of rotatable bonds is 4. The van der Waals surface area contributed by atoms with Gasteiger partial charge in [0.15, 0.2) is 0 Å². The van der Waals surface area contributed by atoms with Crippen LogP contribution in [-0.4, -0.2) is 11.0 Å². The van der Waals surface area contributed by atoms with Crippen molar-refractivity contribution >= 4 is 5.97 Å². The highest BCUT2D eigenvalue weighted by Gasteiger charge is 2.09. The summed E-state index contributed by atoms with van der Waals surface area (Å²) in [6.45, 7) is 4.07. The third-order valence-corrected chi connectivity index (χ3v) is 4.78. The average Bonchev–Trinajstić information content (AvgIpc) is 2.76. The van der Waals surface area contributed by atoms with E-state index in [4.69, 9.17) is 4.74 Å². The molecule has 142 valence electrons. The van der Waals surface area contributed by atoms with Crippen molar-refractivity contribution < 1.29 is 9.53 Å². The number of ether oxygens (including phenoxy) is 1. The number of hydrogen-bond donors (Lipinski definition) is 0. The molecule has 3 nitrogen and oxygen atoms in total. The molecule has 3 aromatic carbocycles. The molecule has 0 bridgehead atoms. The van der Waals surface area contributed by atoms with Gasteiger partial charge in [-0.3, -0.25) is 4.98 Å². The third-order valence-electron chi connectivity index (χ3n) is 4.78. The first kappa shape index (κ1) is 18.6. The molecule has 1 aromatic heterocycles. The van der Waals surface area contributed by atoms with Crippen molar-refractivity contribution in [2.75, 3.05) is 0 Å². The van der Waals surface area contributed by atoms with Crippen LogP contribution >= 0.6 is 0 Å². The van der Waals surface area contributed by atoms with Crippen LogP contribution in [0.4, 0.5) is 0 Å². The van der Waals surface area contributed by atoms with Gasteiger partial charge in [-0.1, -0.05) is 48.0 Å². The molecule has 0 aliphatic carbocycles. The van der Waals surface area contributed by atoms with Gasteiger partial charge in [-0.25, -0.2) is 4.79 Å². The van der Waals surface area contributed by atoms with Crippen molar-refractivity contribution in [1.82, 2.24) is 4.98 Å². The predicted molar refractivity (Wildman–Crippen MR) is 116 cm³/mol. The highest BCUT2D eigenvalue weighted by molar-refractivity contribution is 5.91. The van der Waals surface area contributed by atoms with Crippen LogP contribution in [-0.2, 0) is 0 Å². The fraction of sp³-hybridized carbons (Fsp3) is 0.0769. The molecule has 29 heavy (non-hydrogen) atoms. The molecule has 0 fully saturated rings. The van der Waals surface area contributed by atoms with Crippen LogP contribution in [0.15, 0.2) is 91.1 Å². The van der Waals surface area contributed by atoms with Crippen LogP contribution in [0, 0.1) is 13.8 Å². The van der Waals surface area contributed by atoms with E-state index in [1.54, 1.807) is 24.3 Å². The summed E-state index contributed by atoms with van der Waals surface area (Å²) in [5, 5.41) is 0. The first-order valence-corrected chi connectivity index (χ1v) is 9.51. The van der Waals surface area contributed by atoms with E-state index in [1.165, 1.54) is 5.56 Å². The zero-order valence-corrected chi connectivity index (χ0v) is 16.4. The summed E-state index contributed by atoms with van der Waals surface area (Å²) in [6.07, 6.45) is 1.84. The largest absolute Gasteiger partial charge is 0.423 e. The zero-order chi connectivity index (χ0) is 20.2. The van der Waals surface area contributed by atoms with Gasteiger partial charge in [-0.2, -0.15) is 0 Å². The van der Waals surface area contributed by atoms with Crippen LogP contribution < -0.4 is 4.74 Å². The maximum atomic E-state index is 12.5. The first-order valence-electron chi connectivity index (χ1n) is 9.51. The Morgan fingerprint density at radius 2 is 1.21 bits per heavy atom. The topological polar surface area (TPSA) is 39.2 Å². The number of hydrogen-bond acceptors (Lipinski definition) is 3. The normalized spacial score (nSPS) is 10.6. The van der Waals surface area contributed by atoms with Crippen LogP contribution in [0.25, 0.3) is 22.4 Å². The molecular formula is C26H21NO2. The molecule has 0 amide bonds. The molecule has 0 saturated heterocycles. The Hall–Kier alpha value is -3.72. The molecule has 0 aliphatic heterocycles. The van der Waals surface area contributed by atoms with Gasteiger partial charge in [0.25, 0.3) is 0 Å². The van der Waals surface area contributed by atoms with Gasteiger partial charge in [-0.05, 0) is 73.0 Å². The lowest BCUT2D eigenvalue weighted by Crippen LogP contribution is -2.08. The Balaban J connectivity index is 1.45. The fourth-order valence-corrected chi connectivity index (χ4v) is 3.04. The molecule has 4 rings (SSSR count). The van der Waals surface area contributed by atoms with E-state index >= 15 is 0 Å². The van der Waals surface area contributed by atoms with Gasteiger partial charge in [0, 0.05) is 11.8 Å². The second-order valence-electron chi connectivity index (χ2n) is 7.08. The van der Waals surface area contributed by atoms with E-state index < -0.39 is 0 Å². The summed E-state index contributed by atoms with van der Waals surface area (Å²) in [5.41, 5.74) is 6.91. The second-order valence-corrected chi connectivity index (χ2v) is 7.08. The molecule has 0 unspecified atom stereocenters. The summed E-state index contributed by atoms with van der Waals surface area (Å²) in [5.74, 6) is 0.134. The molecule has 0 saturated carbocycles. The van der Waals surface area contributed by atoms with Crippen LogP contribution in [0.2, 0.25) is 0 Å². The van der Waals surface area contributed by atoms with Gasteiger partial charge in [0.2, 0.25) is 0 Å². The van der Waals surface area contributed by atoms with Crippen molar-refractivity contribution in [2.45, 2.75) is 13.8 Å². The fourth-order valence-electron chi connectivity index (χ4n) is 3.04. The molecule has 0 radical (unpaired) electrons. The summed E-state index contributed by atoms with van der Waals surface area (Å²) in [6, 6.07) is 27.2. The summed E-state index contributed by atoms with van der Waals surface area (Å²) in [7, 11) is 0. The van der Waals surface area contributed by atoms with E-state index in [0.717, 1.165) is 27.9 Å². The Bertz CT molecular complexity index is 1110. The quantitative estimate of drug-likeness (QED) is 0.311. The molecule has 0 spiro atoms. The lowest BCUT2D eigenvalue weighted by molar-refractivity contribution is 0.0735. The highest BCUT2D eigenvalue weighted by Crippen LogP contribution is 2.23. The predicted octanol–water partition coefficient (Wildman–Crippen LogP) is 6.25. The van der Waals surface area contributed by atoms with Gasteiger partial charge in [-0.15, -0.1) is 0 Å². The Morgan fingerprint density at radius 1 is 0.655 bits per heavy atom. The molecule has 0 atom stereocenters. The molecule has 3 heteroatoms. The minimum atomic E-state index is -0.373. The zero-order valence-electron chi connectivity index (χ0n) is 16.4. The number of carbonyl (C=O) groups is 1. The number of benzene rings is 3. The Kier molecular flexibility index (Phi) is 5.21. The maximum Gasteiger partial charge on any atom is 0.343 e. The molecule has 0 aliphatic rings. The summed E-state index contributed by atoms with van der Waals surface area (Å²) in [4.78, 5) is 16.9. The number of aromatic nitrogens is 1. The van der Waals surface area contributed by atoms with Gasteiger partial charge in [0.1, 0.15) is 5.75 Å². The Morgan fingerprint density at radius 3 is 1.79 bits per heavy atom. The number of esters is 1. The van der Waals surface area contributed by atoms with Crippen LogP contribution in [0.5, 0.6) is 5.75 Å².